The molecular formula is C35H44ClN5O9S. The third kappa shape index (κ3) is 7.59. The molecule has 16 heteroatoms. The number of pyridine rings is 1. The van der Waals surface area contributed by atoms with E-state index in [1.807, 2.05) is 26.0 Å². The van der Waals surface area contributed by atoms with Crippen molar-refractivity contribution >= 4 is 56.2 Å². The number of allylic oxidation sites excluding steroid dienone is 1. The second-order valence-corrected chi connectivity index (χ2v) is 16.5. The van der Waals surface area contributed by atoms with Crippen molar-refractivity contribution < 1.29 is 42.2 Å². The fraction of sp³-hybridized carbons (Fsp3) is 0.571. The average Bonchev–Trinajstić information content (AvgIpc) is 4.01. The lowest BCUT2D eigenvalue weighted by atomic mass is 9.85. The molecule has 2 aliphatic heterocycles. The van der Waals surface area contributed by atoms with E-state index < -0.39 is 68.7 Å². The van der Waals surface area contributed by atoms with E-state index in [1.54, 1.807) is 18.2 Å². The van der Waals surface area contributed by atoms with Crippen LogP contribution in [-0.2, 0) is 24.4 Å². The Morgan fingerprint density at radius 3 is 2.65 bits per heavy atom. The standard InChI is InChI=1S/C35H44ClN5O9S/c1-4-20-14-19(2)8-5-6-9-21-16-35(21,33(44)40-51(47,48)23-12-13-23)39-30(42)26-15-22(18-41(26)32(43)29(20)38-34(45)46)50-31-24-10-7-11-25(36)28(24)27(49-3)17-37-31/h6-7,9-11,17,19-23,26,29,38H,4-5,8,12-16,18H2,1-3H3,(H,39,42)(H,40,44)(H,45,46)/b9-6-/t19-,20-,21-,22-,26+,29+,35-/m1/s1. The van der Waals surface area contributed by atoms with Crippen molar-refractivity contribution in [3.63, 3.8) is 0 Å². The fourth-order valence-corrected chi connectivity index (χ4v) is 9.09. The zero-order valence-electron chi connectivity index (χ0n) is 28.8. The van der Waals surface area contributed by atoms with Crippen LogP contribution in [-0.4, -0.2) is 89.9 Å². The van der Waals surface area contributed by atoms with Gasteiger partial charge in [0, 0.05) is 23.1 Å². The Bertz CT molecular complexity index is 1850. The quantitative estimate of drug-likeness (QED) is 0.289. The highest BCUT2D eigenvalue weighted by Gasteiger charge is 2.62. The Kier molecular flexibility index (Phi) is 10.4. The third-order valence-electron chi connectivity index (χ3n) is 10.5. The number of amides is 4. The van der Waals surface area contributed by atoms with Crippen LogP contribution in [0.2, 0.25) is 5.02 Å². The zero-order valence-corrected chi connectivity index (χ0v) is 30.3. The third-order valence-corrected chi connectivity index (χ3v) is 12.7. The number of rotatable bonds is 8. The molecule has 4 amide bonds. The van der Waals surface area contributed by atoms with Gasteiger partial charge in [-0.3, -0.25) is 19.1 Å². The van der Waals surface area contributed by atoms with Crippen LogP contribution in [0.15, 0.2) is 36.5 Å². The molecular weight excluding hydrogens is 702 g/mol. The molecule has 0 radical (unpaired) electrons. The van der Waals surface area contributed by atoms with E-state index in [4.69, 9.17) is 21.1 Å². The summed E-state index contributed by atoms with van der Waals surface area (Å²) in [6.07, 6.45) is 6.64. The molecule has 51 heavy (non-hydrogen) atoms. The molecule has 276 valence electrons. The number of carbonyl (C=O) groups excluding carboxylic acids is 3. The van der Waals surface area contributed by atoms with Gasteiger partial charge in [0.25, 0.3) is 5.91 Å². The Morgan fingerprint density at radius 2 is 1.96 bits per heavy atom. The van der Waals surface area contributed by atoms with Crippen molar-refractivity contribution in [1.29, 1.82) is 0 Å². The van der Waals surface area contributed by atoms with Gasteiger partial charge in [0.05, 0.1) is 30.1 Å². The molecule has 4 N–H and O–H groups in total. The average molecular weight is 746 g/mol. The molecule has 2 aromatic rings. The monoisotopic (exact) mass is 745 g/mol. The van der Waals surface area contributed by atoms with Gasteiger partial charge in [-0.25, -0.2) is 18.2 Å². The maximum atomic E-state index is 14.5. The number of sulfonamides is 1. The minimum atomic E-state index is -3.91. The van der Waals surface area contributed by atoms with Crippen molar-refractivity contribution in [3.8, 4) is 11.6 Å². The summed E-state index contributed by atoms with van der Waals surface area (Å²) in [5.74, 6) is -2.16. The van der Waals surface area contributed by atoms with Gasteiger partial charge < -0.3 is 30.1 Å². The number of aromatic nitrogens is 1. The van der Waals surface area contributed by atoms with Crippen molar-refractivity contribution in [1.82, 2.24) is 25.2 Å². The summed E-state index contributed by atoms with van der Waals surface area (Å²) in [4.78, 5) is 60.3. The van der Waals surface area contributed by atoms with Gasteiger partial charge in [-0.1, -0.05) is 50.1 Å². The summed E-state index contributed by atoms with van der Waals surface area (Å²) in [6.45, 7) is 3.85. The minimum absolute atomic E-state index is 0.0150. The topological polar surface area (TPSA) is 193 Å². The van der Waals surface area contributed by atoms with E-state index in [0.717, 1.165) is 6.42 Å². The van der Waals surface area contributed by atoms with Crippen LogP contribution in [0.1, 0.15) is 65.2 Å². The Labute approximate surface area is 301 Å². The van der Waals surface area contributed by atoms with E-state index in [1.165, 1.54) is 18.2 Å². The van der Waals surface area contributed by atoms with E-state index in [0.29, 0.717) is 53.6 Å². The van der Waals surface area contributed by atoms with Gasteiger partial charge in [0.2, 0.25) is 27.7 Å². The Hall–Kier alpha value is -4.11. The normalized spacial score (nSPS) is 30.5. The van der Waals surface area contributed by atoms with Crippen LogP contribution >= 0.6 is 11.6 Å². The highest BCUT2D eigenvalue weighted by Crippen LogP contribution is 2.46. The minimum Gasteiger partial charge on any atom is -0.494 e. The van der Waals surface area contributed by atoms with Crippen LogP contribution in [0.25, 0.3) is 10.8 Å². The highest BCUT2D eigenvalue weighted by atomic mass is 35.5. The lowest BCUT2D eigenvalue weighted by molar-refractivity contribution is -0.142. The smallest absolute Gasteiger partial charge is 0.405 e. The first-order valence-corrected chi connectivity index (χ1v) is 19.3. The van der Waals surface area contributed by atoms with Gasteiger partial charge >= 0.3 is 6.09 Å². The number of nitrogens with one attached hydrogen (secondary N) is 3. The first-order chi connectivity index (χ1) is 24.3. The molecule has 0 bridgehead atoms. The van der Waals surface area contributed by atoms with Crippen LogP contribution in [0, 0.1) is 17.8 Å². The number of ether oxygens (including phenoxy) is 2. The number of hydrogen-bond donors (Lipinski definition) is 4. The fourth-order valence-electron chi connectivity index (χ4n) is 7.46. The molecule has 4 aliphatic rings. The Balaban J connectivity index is 1.36. The zero-order chi connectivity index (χ0) is 36.7. The molecule has 1 saturated heterocycles. The molecule has 6 rings (SSSR count). The molecule has 1 aromatic carbocycles. The number of fused-ring (bicyclic) bond motifs is 3. The van der Waals surface area contributed by atoms with Crippen LogP contribution in [0.5, 0.6) is 11.6 Å². The summed E-state index contributed by atoms with van der Waals surface area (Å²) in [5.41, 5.74) is -1.54. The summed E-state index contributed by atoms with van der Waals surface area (Å²) >= 11 is 6.51. The molecule has 3 heterocycles. The number of carboxylic acid groups (broad SMARTS) is 1. The summed E-state index contributed by atoms with van der Waals surface area (Å²) < 4.78 is 39.6. The van der Waals surface area contributed by atoms with Crippen molar-refractivity contribution in [3.05, 3.63) is 41.6 Å². The second kappa shape index (κ2) is 14.5. The molecule has 3 fully saturated rings. The van der Waals surface area contributed by atoms with Gasteiger partial charge in [0.15, 0.2) is 0 Å². The number of hydrogen-bond acceptors (Lipinski definition) is 9. The molecule has 14 nitrogen and oxygen atoms in total. The molecule has 0 unspecified atom stereocenters. The Morgan fingerprint density at radius 1 is 1.20 bits per heavy atom. The summed E-state index contributed by atoms with van der Waals surface area (Å²) in [6, 6.07) is 2.86. The van der Waals surface area contributed by atoms with Gasteiger partial charge in [-0.2, -0.15) is 0 Å². The molecule has 1 aromatic heterocycles. The maximum absolute atomic E-state index is 14.5. The lowest BCUT2D eigenvalue weighted by Gasteiger charge is -2.33. The number of halogens is 1. The number of methoxy groups -OCH3 is 1. The number of carbonyl (C=O) groups is 4. The molecule has 2 saturated carbocycles. The van der Waals surface area contributed by atoms with E-state index >= 15 is 0 Å². The van der Waals surface area contributed by atoms with Crippen LogP contribution < -0.4 is 24.8 Å². The first-order valence-electron chi connectivity index (χ1n) is 17.4. The maximum Gasteiger partial charge on any atom is 0.405 e. The molecule has 7 atom stereocenters. The van der Waals surface area contributed by atoms with Crippen LogP contribution in [0.3, 0.4) is 0 Å². The van der Waals surface area contributed by atoms with E-state index in [9.17, 15) is 32.7 Å². The molecule has 0 spiro atoms. The number of nitrogens with zero attached hydrogens (tertiary/aromatic N) is 2. The van der Waals surface area contributed by atoms with E-state index in [2.05, 4.69) is 20.3 Å². The van der Waals surface area contributed by atoms with E-state index in [-0.39, 0.29) is 37.1 Å². The van der Waals surface area contributed by atoms with Gasteiger partial charge in [-0.15, -0.1) is 0 Å². The SMILES string of the molecule is CC[C@@H]1C[C@H](C)CC/C=C\[C@@H]2C[C@@]2(C(=O)NS(=O)(=O)C2CC2)NC(=O)[C@@H]2C[C@@H](Oc3ncc(OC)c4c(Cl)cccc34)CN2C(=O)[C@H]1NC(=O)O. The highest BCUT2D eigenvalue weighted by molar-refractivity contribution is 7.91. The van der Waals surface area contributed by atoms with Gasteiger partial charge in [0.1, 0.15) is 29.5 Å². The van der Waals surface area contributed by atoms with Gasteiger partial charge in [-0.05, 0) is 62.5 Å². The second-order valence-electron chi connectivity index (χ2n) is 14.2. The van der Waals surface area contributed by atoms with Crippen molar-refractivity contribution in [2.24, 2.45) is 17.8 Å². The lowest BCUT2D eigenvalue weighted by Crippen LogP contribution is -2.59. The predicted molar refractivity (Wildman–Crippen MR) is 188 cm³/mol. The van der Waals surface area contributed by atoms with Crippen molar-refractivity contribution in [2.45, 2.75) is 94.2 Å². The van der Waals surface area contributed by atoms with Crippen LogP contribution in [0.4, 0.5) is 4.79 Å². The van der Waals surface area contributed by atoms with Crippen molar-refractivity contribution in [2.75, 3.05) is 13.7 Å². The first kappa shape index (κ1) is 36.7. The predicted octanol–water partition coefficient (Wildman–Crippen LogP) is 3.77. The summed E-state index contributed by atoms with van der Waals surface area (Å²) in [5, 5.41) is 16.0. The molecule has 2 aliphatic carbocycles. The summed E-state index contributed by atoms with van der Waals surface area (Å²) in [7, 11) is -2.42. The largest absolute Gasteiger partial charge is 0.494 e. The number of benzene rings is 1.